The van der Waals surface area contributed by atoms with E-state index in [0.717, 1.165) is 8.81 Å². The van der Waals surface area contributed by atoms with Gasteiger partial charge in [-0.05, 0) is 68.6 Å². The Morgan fingerprint density at radius 2 is 2.25 bits per heavy atom. The summed E-state index contributed by atoms with van der Waals surface area (Å²) in [5.41, 5.74) is 1.29. The molecular formula is C10H8BrClINS2. The summed E-state index contributed by atoms with van der Waals surface area (Å²) >= 11 is 15.2. The molecule has 86 valence electrons. The van der Waals surface area contributed by atoms with Crippen LogP contribution < -0.4 is 5.32 Å². The summed E-state index contributed by atoms with van der Waals surface area (Å²) in [4.78, 5) is 1.23. The van der Waals surface area contributed by atoms with Crippen molar-refractivity contribution in [3.05, 3.63) is 39.6 Å². The van der Waals surface area contributed by atoms with Crippen molar-refractivity contribution in [2.24, 2.45) is 0 Å². The second-order valence-corrected chi connectivity index (χ2v) is 8.52. The molecule has 2 aromatic rings. The number of halogens is 3. The van der Waals surface area contributed by atoms with E-state index < -0.39 is 0 Å². The van der Waals surface area contributed by atoms with Crippen molar-refractivity contribution in [3.63, 3.8) is 0 Å². The lowest BCUT2D eigenvalue weighted by Crippen LogP contribution is -2.15. The van der Waals surface area contributed by atoms with Crippen LogP contribution in [0.15, 0.2) is 22.0 Å². The van der Waals surface area contributed by atoms with Crippen LogP contribution in [0.1, 0.15) is 16.5 Å². The van der Waals surface area contributed by atoms with E-state index in [9.17, 15) is 0 Å². The molecule has 0 saturated carbocycles. The van der Waals surface area contributed by atoms with Gasteiger partial charge in [0.25, 0.3) is 0 Å². The highest BCUT2D eigenvalue weighted by Crippen LogP contribution is 2.38. The second kappa shape index (κ2) is 5.67. The van der Waals surface area contributed by atoms with Gasteiger partial charge in [-0.15, -0.1) is 22.7 Å². The number of rotatable bonds is 3. The first-order chi connectivity index (χ1) is 7.61. The molecule has 1 atom stereocenters. The molecule has 1 nitrogen and oxygen atoms in total. The predicted octanol–water partition coefficient (Wildman–Crippen LogP) is 5.14. The maximum atomic E-state index is 6.07. The standard InChI is InChI=1S/C10H8BrClINS2/c1-14-9(5-2-8(13)15-4-5)7-3-6(11)10(12)16-7/h2-4,9,14H,1H3. The maximum Gasteiger partial charge on any atom is 0.107 e. The van der Waals surface area contributed by atoms with Crippen LogP contribution in [0.3, 0.4) is 0 Å². The predicted molar refractivity (Wildman–Crippen MR) is 85.0 cm³/mol. The highest BCUT2D eigenvalue weighted by molar-refractivity contribution is 14.1. The Morgan fingerprint density at radius 1 is 1.50 bits per heavy atom. The molecule has 2 aromatic heterocycles. The van der Waals surface area contributed by atoms with Gasteiger partial charge in [0.2, 0.25) is 0 Å². The molecule has 1 N–H and O–H groups in total. The highest BCUT2D eigenvalue weighted by Gasteiger charge is 2.17. The Morgan fingerprint density at radius 3 is 2.69 bits per heavy atom. The van der Waals surface area contributed by atoms with E-state index in [-0.39, 0.29) is 6.04 Å². The molecule has 0 radical (unpaired) electrons. The minimum absolute atomic E-state index is 0.230. The van der Waals surface area contributed by atoms with Crippen LogP contribution in [0.4, 0.5) is 0 Å². The maximum absolute atomic E-state index is 6.07. The van der Waals surface area contributed by atoms with E-state index in [2.05, 4.69) is 61.4 Å². The number of thiophene rings is 2. The second-order valence-electron chi connectivity index (χ2n) is 3.18. The largest absolute Gasteiger partial charge is 0.309 e. The van der Waals surface area contributed by atoms with Gasteiger partial charge in [-0.1, -0.05) is 11.6 Å². The van der Waals surface area contributed by atoms with Crippen molar-refractivity contribution in [2.75, 3.05) is 7.05 Å². The fourth-order valence-electron chi connectivity index (χ4n) is 1.45. The van der Waals surface area contributed by atoms with Crippen molar-refractivity contribution >= 4 is 72.8 Å². The molecule has 0 aliphatic rings. The monoisotopic (exact) mass is 447 g/mol. The van der Waals surface area contributed by atoms with Gasteiger partial charge in [0, 0.05) is 9.35 Å². The van der Waals surface area contributed by atoms with E-state index in [0.29, 0.717) is 0 Å². The van der Waals surface area contributed by atoms with Gasteiger partial charge >= 0.3 is 0 Å². The molecule has 0 bridgehead atoms. The fourth-order valence-corrected chi connectivity index (χ4v) is 4.73. The van der Waals surface area contributed by atoms with Gasteiger partial charge in [-0.2, -0.15) is 0 Å². The highest BCUT2D eigenvalue weighted by atomic mass is 127. The van der Waals surface area contributed by atoms with Crippen molar-refractivity contribution in [1.82, 2.24) is 5.32 Å². The van der Waals surface area contributed by atoms with Crippen LogP contribution in [0.2, 0.25) is 4.34 Å². The number of hydrogen-bond acceptors (Lipinski definition) is 3. The van der Waals surface area contributed by atoms with Gasteiger partial charge in [0.05, 0.1) is 8.93 Å². The molecule has 16 heavy (non-hydrogen) atoms. The van der Waals surface area contributed by atoms with Gasteiger partial charge < -0.3 is 5.32 Å². The fraction of sp³-hybridized carbons (Fsp3) is 0.200. The molecule has 0 aliphatic carbocycles. The van der Waals surface area contributed by atoms with E-state index in [1.54, 1.807) is 22.7 Å². The Labute approximate surface area is 129 Å². The summed E-state index contributed by atoms with van der Waals surface area (Å²) in [6.45, 7) is 0. The quantitative estimate of drug-likeness (QED) is 0.642. The summed E-state index contributed by atoms with van der Waals surface area (Å²) < 4.78 is 3.08. The Kier molecular flexibility index (Phi) is 4.71. The average Bonchev–Trinajstić information content (AvgIpc) is 2.77. The lowest BCUT2D eigenvalue weighted by atomic mass is 10.1. The third-order valence-corrected chi connectivity index (χ3v) is 6.51. The molecule has 2 heterocycles. The molecule has 0 spiro atoms. The molecular weight excluding hydrogens is 441 g/mol. The lowest BCUT2D eigenvalue weighted by molar-refractivity contribution is 0.706. The van der Waals surface area contributed by atoms with Crippen LogP contribution >= 0.6 is 72.8 Å². The lowest BCUT2D eigenvalue weighted by Gasteiger charge is -2.12. The first-order valence-corrected chi connectivity index (χ1v) is 8.42. The third kappa shape index (κ3) is 2.81. The van der Waals surface area contributed by atoms with Crippen molar-refractivity contribution in [3.8, 4) is 0 Å². The molecule has 2 rings (SSSR count). The zero-order chi connectivity index (χ0) is 11.7. The Balaban J connectivity index is 2.36. The first-order valence-electron chi connectivity index (χ1n) is 4.47. The molecule has 0 aromatic carbocycles. The Hall–Kier alpha value is 0.860. The number of hydrogen-bond donors (Lipinski definition) is 1. The third-order valence-electron chi connectivity index (χ3n) is 2.16. The molecule has 0 aliphatic heterocycles. The van der Waals surface area contributed by atoms with Crippen molar-refractivity contribution in [2.45, 2.75) is 6.04 Å². The summed E-state index contributed by atoms with van der Waals surface area (Å²) in [7, 11) is 1.97. The molecule has 0 fully saturated rings. The minimum Gasteiger partial charge on any atom is -0.309 e. The number of nitrogens with one attached hydrogen (secondary N) is 1. The van der Waals surface area contributed by atoms with Crippen LogP contribution in [-0.2, 0) is 0 Å². The smallest absolute Gasteiger partial charge is 0.107 e. The summed E-state index contributed by atoms with van der Waals surface area (Å²) in [5, 5.41) is 5.51. The van der Waals surface area contributed by atoms with Crippen LogP contribution in [0.5, 0.6) is 0 Å². The summed E-state index contributed by atoms with van der Waals surface area (Å²) in [6.07, 6.45) is 0. The SMILES string of the molecule is CNC(c1csc(I)c1)c1cc(Br)c(Cl)s1. The van der Waals surface area contributed by atoms with Gasteiger partial charge in [-0.3, -0.25) is 0 Å². The van der Waals surface area contributed by atoms with Gasteiger partial charge in [0.1, 0.15) is 4.34 Å². The van der Waals surface area contributed by atoms with Gasteiger partial charge in [-0.25, -0.2) is 0 Å². The molecule has 6 heteroatoms. The average molecular weight is 449 g/mol. The minimum atomic E-state index is 0.230. The Bertz CT molecular complexity index is 477. The molecule has 1 unspecified atom stereocenters. The zero-order valence-electron chi connectivity index (χ0n) is 8.26. The van der Waals surface area contributed by atoms with Crippen molar-refractivity contribution < 1.29 is 0 Å². The van der Waals surface area contributed by atoms with E-state index >= 15 is 0 Å². The molecule has 0 saturated heterocycles. The summed E-state index contributed by atoms with van der Waals surface area (Å²) in [5.74, 6) is 0. The topological polar surface area (TPSA) is 12.0 Å². The van der Waals surface area contributed by atoms with E-state index in [4.69, 9.17) is 11.6 Å². The van der Waals surface area contributed by atoms with E-state index in [1.807, 2.05) is 7.05 Å². The zero-order valence-corrected chi connectivity index (χ0v) is 14.4. The van der Waals surface area contributed by atoms with Crippen LogP contribution in [0.25, 0.3) is 0 Å². The van der Waals surface area contributed by atoms with Crippen molar-refractivity contribution in [1.29, 1.82) is 0 Å². The first kappa shape index (κ1) is 13.3. The van der Waals surface area contributed by atoms with Gasteiger partial charge in [0.15, 0.2) is 0 Å². The van der Waals surface area contributed by atoms with E-state index in [1.165, 1.54) is 13.3 Å². The van der Waals surface area contributed by atoms with Crippen LogP contribution in [0, 0.1) is 2.88 Å². The summed E-state index contributed by atoms with van der Waals surface area (Å²) in [6, 6.07) is 4.51. The molecule has 0 amide bonds. The van der Waals surface area contributed by atoms with Crippen LogP contribution in [-0.4, -0.2) is 7.05 Å². The normalized spacial score (nSPS) is 13.0.